The molecule has 68 valence electrons. The molecular formula is C10H11NOS. The van der Waals surface area contributed by atoms with E-state index in [4.69, 9.17) is 0 Å². The number of rotatable bonds is 1. The Morgan fingerprint density at radius 2 is 2.08 bits per heavy atom. The van der Waals surface area contributed by atoms with Crippen molar-refractivity contribution in [1.82, 2.24) is 4.57 Å². The van der Waals surface area contributed by atoms with Gasteiger partial charge in [-0.3, -0.25) is 4.21 Å². The first-order valence-electron chi connectivity index (χ1n) is 4.07. The molecule has 0 bridgehead atoms. The lowest BCUT2D eigenvalue weighted by atomic mass is 10.2. The molecule has 0 spiro atoms. The topological polar surface area (TPSA) is 22.0 Å². The van der Waals surface area contributed by atoms with Gasteiger partial charge in [0.25, 0.3) is 0 Å². The molecular weight excluding hydrogens is 182 g/mol. The van der Waals surface area contributed by atoms with Crippen LogP contribution in [0.2, 0.25) is 0 Å². The fraction of sp³-hybridized carbons (Fsp3) is 0.200. The van der Waals surface area contributed by atoms with E-state index < -0.39 is 10.8 Å². The minimum absolute atomic E-state index is 0.885. The predicted molar refractivity (Wildman–Crippen MR) is 55.3 cm³/mol. The quantitative estimate of drug-likeness (QED) is 0.678. The molecule has 2 nitrogen and oxygen atoms in total. The molecule has 0 fully saturated rings. The van der Waals surface area contributed by atoms with Crippen molar-refractivity contribution in [2.24, 2.45) is 7.05 Å². The van der Waals surface area contributed by atoms with Gasteiger partial charge in [0.2, 0.25) is 0 Å². The maximum absolute atomic E-state index is 11.2. The molecule has 0 saturated carbocycles. The molecule has 2 aromatic rings. The van der Waals surface area contributed by atoms with Gasteiger partial charge in [-0.1, -0.05) is 0 Å². The van der Waals surface area contributed by atoms with Gasteiger partial charge in [-0.2, -0.15) is 0 Å². The second kappa shape index (κ2) is 3.00. The van der Waals surface area contributed by atoms with Gasteiger partial charge in [0.15, 0.2) is 0 Å². The monoisotopic (exact) mass is 193 g/mol. The van der Waals surface area contributed by atoms with E-state index in [2.05, 4.69) is 4.57 Å². The zero-order valence-corrected chi connectivity index (χ0v) is 8.47. The van der Waals surface area contributed by atoms with Gasteiger partial charge in [-0.05, 0) is 24.3 Å². The van der Waals surface area contributed by atoms with Gasteiger partial charge >= 0.3 is 0 Å². The predicted octanol–water partition coefficient (Wildman–Crippen LogP) is 1.92. The molecule has 13 heavy (non-hydrogen) atoms. The van der Waals surface area contributed by atoms with E-state index in [1.54, 1.807) is 6.26 Å². The second-order valence-electron chi connectivity index (χ2n) is 3.10. The standard InChI is InChI=1S/C10H11NOS/c1-11-6-5-8-7-9(13(2)12)3-4-10(8)11/h3-7H,1-2H3. The highest BCUT2D eigenvalue weighted by atomic mass is 32.2. The molecule has 0 aliphatic heterocycles. The van der Waals surface area contributed by atoms with E-state index >= 15 is 0 Å². The van der Waals surface area contributed by atoms with Crippen molar-refractivity contribution in [3.63, 3.8) is 0 Å². The first-order valence-corrected chi connectivity index (χ1v) is 5.63. The van der Waals surface area contributed by atoms with Gasteiger partial charge < -0.3 is 4.57 Å². The number of benzene rings is 1. The smallest absolute Gasteiger partial charge is 0.0498 e. The highest BCUT2D eigenvalue weighted by molar-refractivity contribution is 7.84. The number of hydrogen-bond donors (Lipinski definition) is 0. The molecule has 1 aromatic heterocycles. The first-order chi connectivity index (χ1) is 6.18. The third kappa shape index (κ3) is 1.40. The molecule has 0 aliphatic carbocycles. The number of nitrogens with zero attached hydrogens (tertiary/aromatic N) is 1. The Labute approximate surface area is 79.6 Å². The Kier molecular flexibility index (Phi) is 1.96. The molecule has 1 unspecified atom stereocenters. The lowest BCUT2D eigenvalue weighted by Gasteiger charge is -1.98. The summed E-state index contributed by atoms with van der Waals surface area (Å²) < 4.78 is 13.3. The summed E-state index contributed by atoms with van der Waals surface area (Å²) >= 11 is 0. The van der Waals surface area contributed by atoms with Crippen LogP contribution in [-0.2, 0) is 17.8 Å². The minimum Gasteiger partial charge on any atom is -0.351 e. The second-order valence-corrected chi connectivity index (χ2v) is 4.48. The Bertz CT molecular complexity index is 473. The average Bonchev–Trinajstić information content (AvgIpc) is 2.47. The molecule has 0 amide bonds. The van der Waals surface area contributed by atoms with E-state index in [0.29, 0.717) is 0 Å². The zero-order chi connectivity index (χ0) is 9.42. The van der Waals surface area contributed by atoms with Gasteiger partial charge in [-0.15, -0.1) is 0 Å². The largest absolute Gasteiger partial charge is 0.351 e. The zero-order valence-electron chi connectivity index (χ0n) is 7.65. The van der Waals surface area contributed by atoms with Gasteiger partial charge in [0, 0.05) is 46.1 Å². The normalized spacial score (nSPS) is 13.4. The maximum Gasteiger partial charge on any atom is 0.0498 e. The summed E-state index contributed by atoms with van der Waals surface area (Å²) in [6, 6.07) is 7.93. The minimum atomic E-state index is -0.885. The van der Waals surface area contributed by atoms with Crippen LogP contribution in [0.25, 0.3) is 10.9 Å². The van der Waals surface area contributed by atoms with Crippen molar-refractivity contribution < 1.29 is 4.21 Å². The molecule has 0 N–H and O–H groups in total. The summed E-state index contributed by atoms with van der Waals surface area (Å²) in [6.45, 7) is 0. The highest BCUT2D eigenvalue weighted by Gasteiger charge is 2.01. The van der Waals surface area contributed by atoms with E-state index in [9.17, 15) is 4.21 Å². The van der Waals surface area contributed by atoms with Crippen LogP contribution >= 0.6 is 0 Å². The Morgan fingerprint density at radius 1 is 1.31 bits per heavy atom. The molecule has 1 heterocycles. The van der Waals surface area contributed by atoms with Crippen LogP contribution in [-0.4, -0.2) is 15.0 Å². The number of fused-ring (bicyclic) bond motifs is 1. The molecule has 0 saturated heterocycles. The van der Waals surface area contributed by atoms with Crippen molar-refractivity contribution in [2.75, 3.05) is 6.26 Å². The van der Waals surface area contributed by atoms with E-state index in [-0.39, 0.29) is 0 Å². The lowest BCUT2D eigenvalue weighted by molar-refractivity contribution is 0.687. The van der Waals surface area contributed by atoms with Gasteiger partial charge in [-0.25, -0.2) is 0 Å². The molecule has 0 aliphatic rings. The third-order valence-corrected chi connectivity index (χ3v) is 3.11. The first kappa shape index (κ1) is 8.51. The number of aromatic nitrogens is 1. The van der Waals surface area contributed by atoms with E-state index in [1.165, 1.54) is 5.52 Å². The van der Waals surface area contributed by atoms with Crippen molar-refractivity contribution in [2.45, 2.75) is 4.90 Å². The third-order valence-electron chi connectivity index (χ3n) is 2.19. The molecule has 1 aromatic carbocycles. The fourth-order valence-electron chi connectivity index (χ4n) is 1.44. The average molecular weight is 193 g/mol. The summed E-state index contributed by atoms with van der Waals surface area (Å²) in [6.07, 6.45) is 3.71. The van der Waals surface area contributed by atoms with Crippen LogP contribution in [0.15, 0.2) is 35.4 Å². The summed E-state index contributed by atoms with van der Waals surface area (Å²) in [5.74, 6) is 0. The lowest BCUT2D eigenvalue weighted by Crippen LogP contribution is -1.88. The van der Waals surface area contributed by atoms with Crippen molar-refractivity contribution in [3.05, 3.63) is 30.5 Å². The van der Waals surface area contributed by atoms with Crippen molar-refractivity contribution in [1.29, 1.82) is 0 Å². The van der Waals surface area contributed by atoms with Crippen molar-refractivity contribution in [3.8, 4) is 0 Å². The fourth-order valence-corrected chi connectivity index (χ4v) is 1.99. The molecule has 2 rings (SSSR count). The molecule has 3 heteroatoms. The maximum atomic E-state index is 11.2. The Hall–Kier alpha value is -1.09. The summed E-state index contributed by atoms with van der Waals surface area (Å²) in [7, 11) is 1.12. The molecule has 1 atom stereocenters. The van der Waals surface area contributed by atoms with Gasteiger partial charge in [0.1, 0.15) is 0 Å². The van der Waals surface area contributed by atoms with Crippen LogP contribution in [0, 0.1) is 0 Å². The van der Waals surface area contributed by atoms with Crippen LogP contribution in [0.1, 0.15) is 0 Å². The SMILES string of the molecule is Cn1ccc2cc(S(C)=O)ccc21. The highest BCUT2D eigenvalue weighted by Crippen LogP contribution is 2.17. The van der Waals surface area contributed by atoms with E-state index in [1.807, 2.05) is 37.5 Å². The molecule has 0 radical (unpaired) electrons. The van der Waals surface area contributed by atoms with Crippen LogP contribution in [0.5, 0.6) is 0 Å². The Morgan fingerprint density at radius 3 is 2.77 bits per heavy atom. The number of aryl methyl sites for hydroxylation is 1. The van der Waals surface area contributed by atoms with Crippen LogP contribution in [0.3, 0.4) is 0 Å². The van der Waals surface area contributed by atoms with Crippen LogP contribution < -0.4 is 0 Å². The van der Waals surface area contributed by atoms with Crippen molar-refractivity contribution >= 4 is 21.7 Å². The summed E-state index contributed by atoms with van der Waals surface area (Å²) in [4.78, 5) is 0.888. The summed E-state index contributed by atoms with van der Waals surface area (Å²) in [5.41, 5.74) is 1.18. The van der Waals surface area contributed by atoms with Crippen LogP contribution in [0.4, 0.5) is 0 Å². The van der Waals surface area contributed by atoms with E-state index in [0.717, 1.165) is 10.3 Å². The summed E-state index contributed by atoms with van der Waals surface area (Å²) in [5, 5.41) is 1.15. The van der Waals surface area contributed by atoms with Gasteiger partial charge in [0.05, 0.1) is 0 Å². The number of hydrogen-bond acceptors (Lipinski definition) is 1. The Balaban J connectivity index is 2.70.